The van der Waals surface area contributed by atoms with Gasteiger partial charge in [0.25, 0.3) is 0 Å². The molecule has 0 saturated heterocycles. The number of aromatic nitrogens is 1. The predicted molar refractivity (Wildman–Crippen MR) is 77.0 cm³/mol. The Morgan fingerprint density at radius 3 is 2.68 bits per heavy atom. The first kappa shape index (κ1) is 13.4. The zero-order chi connectivity index (χ0) is 13.8. The van der Waals surface area contributed by atoms with E-state index in [2.05, 4.69) is 4.98 Å². The molecular formula is C15H19N3O. The number of methoxy groups -OCH3 is 1. The van der Waals surface area contributed by atoms with Gasteiger partial charge in [0.05, 0.1) is 7.11 Å². The fourth-order valence-electron chi connectivity index (χ4n) is 2.28. The standard InChI is InChI=1S/C15H19N3O/c1-10-7-8-18-15(17)14(10)12(16)9-11-5-3-4-6-13(11)19-2/h3-8,12H,9,16H2,1-2H3,(H2,17,18). The number of nitrogen functional groups attached to an aromatic ring is 1. The molecule has 100 valence electrons. The number of para-hydroxylation sites is 1. The van der Waals surface area contributed by atoms with Crippen molar-refractivity contribution in [2.45, 2.75) is 19.4 Å². The Hall–Kier alpha value is -2.07. The van der Waals surface area contributed by atoms with Crippen molar-refractivity contribution in [1.29, 1.82) is 0 Å². The van der Waals surface area contributed by atoms with Gasteiger partial charge in [-0.1, -0.05) is 18.2 Å². The molecule has 1 heterocycles. The molecule has 0 saturated carbocycles. The number of hydrogen-bond acceptors (Lipinski definition) is 4. The summed E-state index contributed by atoms with van der Waals surface area (Å²) in [5.74, 6) is 1.35. The fraction of sp³-hybridized carbons (Fsp3) is 0.267. The monoisotopic (exact) mass is 257 g/mol. The number of rotatable bonds is 4. The molecule has 1 atom stereocenters. The van der Waals surface area contributed by atoms with Gasteiger partial charge in [-0.25, -0.2) is 4.98 Å². The average Bonchev–Trinajstić information content (AvgIpc) is 2.39. The summed E-state index contributed by atoms with van der Waals surface area (Å²) in [6.07, 6.45) is 2.37. The summed E-state index contributed by atoms with van der Waals surface area (Å²) in [4.78, 5) is 4.11. The first-order valence-corrected chi connectivity index (χ1v) is 6.22. The Labute approximate surface area is 113 Å². The molecule has 0 amide bonds. The Morgan fingerprint density at radius 2 is 2.00 bits per heavy atom. The molecule has 0 bridgehead atoms. The van der Waals surface area contributed by atoms with Crippen LogP contribution < -0.4 is 16.2 Å². The van der Waals surface area contributed by atoms with E-state index < -0.39 is 0 Å². The topological polar surface area (TPSA) is 74.2 Å². The average molecular weight is 257 g/mol. The van der Waals surface area contributed by atoms with Crippen LogP contribution in [0.2, 0.25) is 0 Å². The highest BCUT2D eigenvalue weighted by Gasteiger charge is 2.15. The van der Waals surface area contributed by atoms with Gasteiger partial charge >= 0.3 is 0 Å². The summed E-state index contributed by atoms with van der Waals surface area (Å²) in [6, 6.07) is 9.60. The molecule has 4 heteroatoms. The van der Waals surface area contributed by atoms with E-state index in [4.69, 9.17) is 16.2 Å². The van der Waals surface area contributed by atoms with Crippen LogP contribution in [0.15, 0.2) is 36.5 Å². The number of ether oxygens (including phenoxy) is 1. The molecule has 4 nitrogen and oxygen atoms in total. The second-order valence-corrected chi connectivity index (χ2v) is 4.55. The fourth-order valence-corrected chi connectivity index (χ4v) is 2.28. The molecule has 0 radical (unpaired) electrons. The van der Waals surface area contributed by atoms with Crippen LogP contribution in [0.25, 0.3) is 0 Å². The number of pyridine rings is 1. The largest absolute Gasteiger partial charge is 0.496 e. The van der Waals surface area contributed by atoms with Gasteiger partial charge in [0.15, 0.2) is 0 Å². The minimum atomic E-state index is -0.190. The van der Waals surface area contributed by atoms with E-state index in [9.17, 15) is 0 Å². The number of aryl methyl sites for hydroxylation is 1. The smallest absolute Gasteiger partial charge is 0.128 e. The number of benzene rings is 1. The van der Waals surface area contributed by atoms with Gasteiger partial charge in [0.1, 0.15) is 11.6 Å². The molecule has 2 rings (SSSR count). The normalized spacial score (nSPS) is 12.2. The second-order valence-electron chi connectivity index (χ2n) is 4.55. The third kappa shape index (κ3) is 2.85. The number of nitrogens with zero attached hydrogens (tertiary/aromatic N) is 1. The lowest BCUT2D eigenvalue weighted by atomic mass is 9.96. The SMILES string of the molecule is COc1ccccc1CC(N)c1c(C)ccnc1N. The summed E-state index contributed by atoms with van der Waals surface area (Å²) in [6.45, 7) is 2.00. The van der Waals surface area contributed by atoms with Crippen LogP contribution in [0.4, 0.5) is 5.82 Å². The zero-order valence-electron chi connectivity index (χ0n) is 11.3. The Morgan fingerprint density at radius 1 is 1.26 bits per heavy atom. The molecule has 2 aromatic rings. The van der Waals surface area contributed by atoms with Gasteiger partial charge in [-0.3, -0.25) is 0 Å². The van der Waals surface area contributed by atoms with Crippen LogP contribution in [-0.4, -0.2) is 12.1 Å². The van der Waals surface area contributed by atoms with Crippen molar-refractivity contribution in [2.24, 2.45) is 5.73 Å². The van der Waals surface area contributed by atoms with Gasteiger partial charge in [0.2, 0.25) is 0 Å². The van der Waals surface area contributed by atoms with Crippen LogP contribution >= 0.6 is 0 Å². The number of nitrogens with two attached hydrogens (primary N) is 2. The molecule has 4 N–H and O–H groups in total. The molecule has 19 heavy (non-hydrogen) atoms. The van der Waals surface area contributed by atoms with E-state index in [1.165, 1.54) is 0 Å². The highest BCUT2D eigenvalue weighted by molar-refractivity contribution is 5.47. The molecule has 0 fully saturated rings. The van der Waals surface area contributed by atoms with E-state index in [1.54, 1.807) is 13.3 Å². The van der Waals surface area contributed by atoms with Crippen molar-refractivity contribution >= 4 is 5.82 Å². The van der Waals surface area contributed by atoms with Crippen LogP contribution in [0.5, 0.6) is 5.75 Å². The molecule has 0 aliphatic heterocycles. The van der Waals surface area contributed by atoms with Crippen molar-refractivity contribution in [3.63, 3.8) is 0 Å². The lowest BCUT2D eigenvalue weighted by Gasteiger charge is -2.17. The molecule has 1 aromatic carbocycles. The van der Waals surface area contributed by atoms with Crippen molar-refractivity contribution in [1.82, 2.24) is 4.98 Å². The molecule has 1 unspecified atom stereocenters. The van der Waals surface area contributed by atoms with Gasteiger partial charge in [-0.15, -0.1) is 0 Å². The minimum absolute atomic E-state index is 0.190. The van der Waals surface area contributed by atoms with Gasteiger partial charge in [-0.05, 0) is 36.6 Å². The summed E-state index contributed by atoms with van der Waals surface area (Å²) < 4.78 is 5.34. The molecular weight excluding hydrogens is 238 g/mol. The minimum Gasteiger partial charge on any atom is -0.496 e. The maximum Gasteiger partial charge on any atom is 0.128 e. The third-order valence-corrected chi connectivity index (χ3v) is 3.24. The van der Waals surface area contributed by atoms with Crippen molar-refractivity contribution in [3.8, 4) is 5.75 Å². The van der Waals surface area contributed by atoms with Crippen LogP contribution in [-0.2, 0) is 6.42 Å². The van der Waals surface area contributed by atoms with Crippen molar-refractivity contribution < 1.29 is 4.74 Å². The first-order chi connectivity index (χ1) is 9.13. The second kappa shape index (κ2) is 5.71. The molecule has 0 aliphatic rings. The van der Waals surface area contributed by atoms with E-state index in [-0.39, 0.29) is 6.04 Å². The number of hydrogen-bond donors (Lipinski definition) is 2. The van der Waals surface area contributed by atoms with Crippen LogP contribution in [0.3, 0.4) is 0 Å². The van der Waals surface area contributed by atoms with Crippen LogP contribution in [0.1, 0.15) is 22.7 Å². The van der Waals surface area contributed by atoms with Crippen molar-refractivity contribution in [3.05, 3.63) is 53.2 Å². The molecule has 0 spiro atoms. The maximum absolute atomic E-state index is 6.28. The lowest BCUT2D eigenvalue weighted by Crippen LogP contribution is -2.17. The van der Waals surface area contributed by atoms with E-state index >= 15 is 0 Å². The van der Waals surface area contributed by atoms with Gasteiger partial charge in [0, 0.05) is 17.8 Å². The quantitative estimate of drug-likeness (QED) is 0.880. The van der Waals surface area contributed by atoms with E-state index in [0.29, 0.717) is 12.2 Å². The van der Waals surface area contributed by atoms with Gasteiger partial charge < -0.3 is 16.2 Å². The van der Waals surface area contributed by atoms with E-state index in [0.717, 1.165) is 22.4 Å². The summed E-state index contributed by atoms with van der Waals surface area (Å²) >= 11 is 0. The van der Waals surface area contributed by atoms with Gasteiger partial charge in [-0.2, -0.15) is 0 Å². The highest BCUT2D eigenvalue weighted by Crippen LogP contribution is 2.27. The summed E-state index contributed by atoms with van der Waals surface area (Å²) in [5, 5.41) is 0. The molecule has 1 aromatic heterocycles. The first-order valence-electron chi connectivity index (χ1n) is 6.22. The lowest BCUT2D eigenvalue weighted by molar-refractivity contribution is 0.408. The maximum atomic E-state index is 6.28. The van der Waals surface area contributed by atoms with E-state index in [1.807, 2.05) is 37.3 Å². The van der Waals surface area contributed by atoms with Crippen molar-refractivity contribution in [2.75, 3.05) is 12.8 Å². The van der Waals surface area contributed by atoms with Crippen LogP contribution in [0, 0.1) is 6.92 Å². The Bertz CT molecular complexity index is 549. The summed E-state index contributed by atoms with van der Waals surface area (Å²) in [5.41, 5.74) is 15.2. The summed E-state index contributed by atoms with van der Waals surface area (Å²) in [7, 11) is 1.66. The Kier molecular flexibility index (Phi) is 4.02. The highest BCUT2D eigenvalue weighted by atomic mass is 16.5. The third-order valence-electron chi connectivity index (χ3n) is 3.24. The number of anilines is 1. The Balaban J connectivity index is 2.28. The predicted octanol–water partition coefficient (Wildman–Crippen LogP) is 2.22. The molecule has 0 aliphatic carbocycles. The zero-order valence-corrected chi connectivity index (χ0v) is 11.3.